The Kier molecular flexibility index (Phi) is 9.38. The lowest BCUT2D eigenvalue weighted by Gasteiger charge is -2.23. The molecule has 0 fully saturated rings. The number of hydrogen-bond donors (Lipinski definition) is 2. The Morgan fingerprint density at radius 3 is 2.28 bits per heavy atom. The number of rotatable bonds is 8. The summed E-state index contributed by atoms with van der Waals surface area (Å²) < 4.78 is 5.18. The van der Waals surface area contributed by atoms with Crippen molar-refractivity contribution in [1.82, 2.24) is 15.5 Å². The topological polar surface area (TPSA) is 87.7 Å². The lowest BCUT2D eigenvalue weighted by Crippen LogP contribution is -2.49. The summed E-state index contributed by atoms with van der Waals surface area (Å²) >= 11 is 0. The summed E-state index contributed by atoms with van der Waals surface area (Å²) in [6.45, 7) is 6.85. The molecule has 0 radical (unpaired) electrons. The summed E-state index contributed by atoms with van der Waals surface area (Å²) in [5.41, 5.74) is 0.493. The molecule has 0 saturated heterocycles. The molecule has 1 rings (SSSR count). The van der Waals surface area contributed by atoms with E-state index in [1.807, 2.05) is 30.3 Å². The number of benzene rings is 1. The number of ether oxygens (including phenoxy) is 1. The molecule has 0 saturated carbocycles. The number of likely N-dealkylation sites (N-methyl/N-ethyl adjacent to an activating group) is 1. The highest BCUT2D eigenvalue weighted by molar-refractivity contribution is 5.88. The van der Waals surface area contributed by atoms with Gasteiger partial charge in [-0.15, -0.1) is 0 Å². The number of hydrogen-bond acceptors (Lipinski definition) is 4. The zero-order chi connectivity index (χ0) is 22.0. The maximum atomic E-state index is 12.5. The van der Waals surface area contributed by atoms with Crippen molar-refractivity contribution < 1.29 is 19.1 Å². The standard InChI is InChI=1S/C22H33N3O4/c1-16(23-21(28)29-22(2,3)4)20(27)24-18(14-15-19(26)25(5)6)13-12-17-10-8-7-9-11-17/h7-11,14-16,18H,12-13H2,1-6H3,(H,23,28)(H,24,27)/b15-14+/t16-,18-/m0/s1. The first-order valence-electron chi connectivity index (χ1n) is 9.71. The second-order valence-corrected chi connectivity index (χ2v) is 8.10. The molecule has 7 heteroatoms. The monoisotopic (exact) mass is 403 g/mol. The molecule has 2 atom stereocenters. The summed E-state index contributed by atoms with van der Waals surface area (Å²) in [5, 5.41) is 5.41. The Hall–Kier alpha value is -2.83. The fourth-order valence-corrected chi connectivity index (χ4v) is 2.39. The van der Waals surface area contributed by atoms with Crippen LogP contribution in [0.4, 0.5) is 4.79 Å². The van der Waals surface area contributed by atoms with Gasteiger partial charge in [0.15, 0.2) is 0 Å². The molecule has 29 heavy (non-hydrogen) atoms. The highest BCUT2D eigenvalue weighted by Gasteiger charge is 2.22. The number of alkyl carbamates (subject to hydrolysis) is 1. The molecule has 0 unspecified atom stereocenters. The fraction of sp³-hybridized carbons (Fsp3) is 0.500. The zero-order valence-electron chi connectivity index (χ0n) is 18.2. The van der Waals surface area contributed by atoms with E-state index in [4.69, 9.17) is 4.74 Å². The van der Waals surface area contributed by atoms with E-state index in [0.29, 0.717) is 6.42 Å². The molecule has 2 N–H and O–H groups in total. The predicted molar refractivity (Wildman–Crippen MR) is 113 cm³/mol. The van der Waals surface area contributed by atoms with E-state index >= 15 is 0 Å². The van der Waals surface area contributed by atoms with Gasteiger partial charge in [0.25, 0.3) is 0 Å². The summed E-state index contributed by atoms with van der Waals surface area (Å²) in [7, 11) is 3.33. The molecule has 1 aromatic rings. The molecule has 0 aromatic heterocycles. The Morgan fingerprint density at radius 1 is 1.10 bits per heavy atom. The average molecular weight is 404 g/mol. The molecule has 3 amide bonds. The maximum Gasteiger partial charge on any atom is 0.408 e. The number of nitrogens with one attached hydrogen (secondary N) is 2. The van der Waals surface area contributed by atoms with Gasteiger partial charge in [0.2, 0.25) is 11.8 Å². The van der Waals surface area contributed by atoms with Crippen LogP contribution in [-0.4, -0.2) is 54.6 Å². The summed E-state index contributed by atoms with van der Waals surface area (Å²) in [6.07, 6.45) is 3.83. The van der Waals surface area contributed by atoms with Crippen LogP contribution in [0.2, 0.25) is 0 Å². The highest BCUT2D eigenvalue weighted by Crippen LogP contribution is 2.08. The number of nitrogens with zero attached hydrogens (tertiary/aromatic N) is 1. The number of aryl methyl sites for hydroxylation is 1. The first-order valence-corrected chi connectivity index (χ1v) is 9.71. The van der Waals surface area contributed by atoms with Crippen LogP contribution in [0, 0.1) is 0 Å². The van der Waals surface area contributed by atoms with Crippen molar-refractivity contribution in [1.29, 1.82) is 0 Å². The minimum atomic E-state index is -0.776. The quantitative estimate of drug-likeness (QED) is 0.653. The van der Waals surface area contributed by atoms with Crippen LogP contribution < -0.4 is 10.6 Å². The van der Waals surface area contributed by atoms with Crippen LogP contribution in [0.15, 0.2) is 42.5 Å². The van der Waals surface area contributed by atoms with Gasteiger partial charge in [-0.3, -0.25) is 9.59 Å². The third kappa shape index (κ3) is 10.3. The lowest BCUT2D eigenvalue weighted by atomic mass is 10.0. The van der Waals surface area contributed by atoms with Crippen molar-refractivity contribution >= 4 is 17.9 Å². The van der Waals surface area contributed by atoms with Gasteiger partial charge >= 0.3 is 6.09 Å². The van der Waals surface area contributed by atoms with Gasteiger partial charge in [-0.1, -0.05) is 36.4 Å². The highest BCUT2D eigenvalue weighted by atomic mass is 16.6. The molecule has 0 aliphatic carbocycles. The molecule has 0 spiro atoms. The van der Waals surface area contributed by atoms with E-state index < -0.39 is 17.7 Å². The molecule has 0 heterocycles. The molecule has 1 aromatic carbocycles. The minimum absolute atomic E-state index is 0.163. The second-order valence-electron chi connectivity index (χ2n) is 8.10. The van der Waals surface area contributed by atoms with Crippen molar-refractivity contribution in [2.45, 2.75) is 58.2 Å². The van der Waals surface area contributed by atoms with Crippen LogP contribution in [0.25, 0.3) is 0 Å². The van der Waals surface area contributed by atoms with E-state index in [-0.39, 0.29) is 17.9 Å². The molecule has 0 aliphatic heterocycles. The molecule has 7 nitrogen and oxygen atoms in total. The fourth-order valence-electron chi connectivity index (χ4n) is 2.39. The Labute approximate surface area is 173 Å². The first-order chi connectivity index (χ1) is 13.5. The van der Waals surface area contributed by atoms with E-state index in [2.05, 4.69) is 10.6 Å². The predicted octanol–water partition coefficient (Wildman–Crippen LogP) is 2.66. The number of carbonyl (C=O) groups is 3. The Morgan fingerprint density at radius 2 is 1.72 bits per heavy atom. The minimum Gasteiger partial charge on any atom is -0.444 e. The van der Waals surface area contributed by atoms with Crippen molar-refractivity contribution in [2.75, 3.05) is 14.1 Å². The largest absolute Gasteiger partial charge is 0.444 e. The summed E-state index contributed by atoms with van der Waals surface area (Å²) in [5.74, 6) is -0.514. The smallest absolute Gasteiger partial charge is 0.408 e. The van der Waals surface area contributed by atoms with E-state index in [1.165, 1.54) is 11.0 Å². The third-order valence-electron chi connectivity index (χ3n) is 3.95. The van der Waals surface area contributed by atoms with Gasteiger partial charge in [0.1, 0.15) is 11.6 Å². The second kappa shape index (κ2) is 11.2. The SMILES string of the molecule is C[C@H](NC(=O)OC(C)(C)C)C(=O)N[C@H](/C=C/C(=O)N(C)C)CCc1ccccc1. The van der Waals surface area contributed by atoms with Crippen molar-refractivity contribution in [3.63, 3.8) is 0 Å². The van der Waals surface area contributed by atoms with Crippen molar-refractivity contribution in [3.05, 3.63) is 48.0 Å². The van der Waals surface area contributed by atoms with Crippen LogP contribution in [-0.2, 0) is 20.7 Å². The van der Waals surface area contributed by atoms with E-state index in [1.54, 1.807) is 47.9 Å². The van der Waals surface area contributed by atoms with Crippen LogP contribution in [0.3, 0.4) is 0 Å². The van der Waals surface area contributed by atoms with Gasteiger partial charge in [0, 0.05) is 26.2 Å². The van der Waals surface area contributed by atoms with E-state index in [0.717, 1.165) is 12.0 Å². The van der Waals surface area contributed by atoms with E-state index in [9.17, 15) is 14.4 Å². The first kappa shape index (κ1) is 24.2. The summed E-state index contributed by atoms with van der Waals surface area (Å²) in [6, 6.07) is 8.77. The Bertz CT molecular complexity index is 709. The molecule has 0 aliphatic rings. The van der Waals surface area contributed by atoms with Gasteiger partial charge in [-0.2, -0.15) is 0 Å². The van der Waals surface area contributed by atoms with Crippen LogP contribution >= 0.6 is 0 Å². The molecular weight excluding hydrogens is 370 g/mol. The van der Waals surface area contributed by atoms with Gasteiger partial charge in [0.05, 0.1) is 0 Å². The summed E-state index contributed by atoms with van der Waals surface area (Å²) in [4.78, 5) is 37.7. The van der Waals surface area contributed by atoms with Crippen LogP contribution in [0.1, 0.15) is 39.7 Å². The van der Waals surface area contributed by atoms with Crippen molar-refractivity contribution in [3.8, 4) is 0 Å². The average Bonchev–Trinajstić information content (AvgIpc) is 2.62. The van der Waals surface area contributed by atoms with Crippen molar-refractivity contribution in [2.24, 2.45) is 0 Å². The number of carbonyl (C=O) groups excluding carboxylic acids is 3. The van der Waals surface area contributed by atoms with Crippen LogP contribution in [0.5, 0.6) is 0 Å². The maximum absolute atomic E-state index is 12.5. The molecular formula is C22H33N3O4. The number of amides is 3. The lowest BCUT2D eigenvalue weighted by molar-refractivity contribution is -0.124. The zero-order valence-corrected chi connectivity index (χ0v) is 18.2. The Balaban J connectivity index is 2.74. The van der Waals surface area contributed by atoms with Gasteiger partial charge < -0.3 is 20.3 Å². The van der Waals surface area contributed by atoms with Gasteiger partial charge in [-0.05, 0) is 46.1 Å². The third-order valence-corrected chi connectivity index (χ3v) is 3.95. The molecule has 0 bridgehead atoms. The molecule has 160 valence electrons. The normalized spacial score (nSPS) is 13.4. The van der Waals surface area contributed by atoms with Gasteiger partial charge in [-0.25, -0.2) is 4.79 Å².